The number of aromatic nitrogens is 3. The normalized spacial score (nSPS) is 11.0. The van der Waals surface area contributed by atoms with Crippen LogP contribution in [0.4, 0.5) is 0 Å². The molecule has 1 aromatic carbocycles. The lowest BCUT2D eigenvalue weighted by Crippen LogP contribution is -1.99. The van der Waals surface area contributed by atoms with Gasteiger partial charge in [0.1, 0.15) is 10.7 Å². The first-order valence-electron chi connectivity index (χ1n) is 5.44. The van der Waals surface area contributed by atoms with E-state index in [2.05, 4.69) is 38.0 Å². The molecule has 0 amide bonds. The van der Waals surface area contributed by atoms with Crippen LogP contribution in [0.3, 0.4) is 0 Å². The molecule has 0 aliphatic carbocycles. The van der Waals surface area contributed by atoms with E-state index in [1.807, 2.05) is 22.8 Å². The fraction of sp³-hybridized carbons (Fsp3) is 0.0769. The van der Waals surface area contributed by atoms with Crippen molar-refractivity contribution in [1.29, 1.82) is 0 Å². The van der Waals surface area contributed by atoms with Crippen molar-refractivity contribution >= 4 is 38.7 Å². The lowest BCUT2D eigenvalue weighted by atomic mass is 10.2. The van der Waals surface area contributed by atoms with E-state index in [1.54, 1.807) is 12.4 Å². The maximum atomic E-state index is 5.91. The zero-order valence-electron chi connectivity index (χ0n) is 9.35. The van der Waals surface area contributed by atoms with E-state index in [-0.39, 0.29) is 0 Å². The van der Waals surface area contributed by atoms with Gasteiger partial charge in [0.25, 0.3) is 0 Å². The zero-order valence-corrected chi connectivity index (χ0v) is 11.7. The van der Waals surface area contributed by atoms with Gasteiger partial charge in [-0.25, -0.2) is 9.97 Å². The van der Waals surface area contributed by atoms with Crippen LogP contribution in [0, 0.1) is 0 Å². The molecule has 0 atom stereocenters. The molecule has 2 aromatic heterocycles. The van der Waals surface area contributed by atoms with Gasteiger partial charge >= 0.3 is 0 Å². The molecule has 0 saturated heterocycles. The Morgan fingerprint density at radius 3 is 2.67 bits per heavy atom. The molecule has 3 rings (SSSR count). The molecule has 0 saturated carbocycles. The molecule has 0 aliphatic rings. The van der Waals surface area contributed by atoms with Gasteiger partial charge < -0.3 is 4.57 Å². The molecule has 18 heavy (non-hydrogen) atoms. The van der Waals surface area contributed by atoms with E-state index in [1.165, 1.54) is 5.56 Å². The lowest BCUT2D eigenvalue weighted by molar-refractivity contribution is 0.814. The van der Waals surface area contributed by atoms with Crippen LogP contribution in [-0.2, 0) is 6.54 Å². The van der Waals surface area contributed by atoms with Crippen molar-refractivity contribution in [2.75, 3.05) is 0 Å². The van der Waals surface area contributed by atoms with E-state index < -0.39 is 0 Å². The van der Waals surface area contributed by atoms with E-state index in [4.69, 9.17) is 11.6 Å². The van der Waals surface area contributed by atoms with Crippen molar-refractivity contribution in [2.24, 2.45) is 0 Å². The van der Waals surface area contributed by atoms with Crippen LogP contribution in [0.2, 0.25) is 5.15 Å². The summed E-state index contributed by atoms with van der Waals surface area (Å²) in [6.45, 7) is 0.733. The number of halogens is 2. The largest absolute Gasteiger partial charge is 0.311 e. The molecule has 0 spiro atoms. The first-order chi connectivity index (χ1) is 8.72. The van der Waals surface area contributed by atoms with E-state index in [0.29, 0.717) is 5.15 Å². The van der Waals surface area contributed by atoms with Gasteiger partial charge in [-0.3, -0.25) is 0 Å². The van der Waals surface area contributed by atoms with Crippen molar-refractivity contribution in [2.45, 2.75) is 6.54 Å². The fourth-order valence-electron chi connectivity index (χ4n) is 1.82. The fourth-order valence-corrected chi connectivity index (χ4v) is 2.23. The highest BCUT2D eigenvalue weighted by molar-refractivity contribution is 9.10. The molecule has 0 N–H and O–H groups in total. The van der Waals surface area contributed by atoms with E-state index >= 15 is 0 Å². The summed E-state index contributed by atoms with van der Waals surface area (Å²) in [6.07, 6.45) is 1.79. The SMILES string of the molecule is Clc1ccc2ncn(Cc3ccc(Br)cc3)c2n1. The summed E-state index contributed by atoms with van der Waals surface area (Å²) in [7, 11) is 0. The summed E-state index contributed by atoms with van der Waals surface area (Å²) in [5.74, 6) is 0. The molecule has 3 nitrogen and oxygen atoms in total. The maximum Gasteiger partial charge on any atom is 0.161 e. The third kappa shape index (κ3) is 2.26. The summed E-state index contributed by atoms with van der Waals surface area (Å²) in [6, 6.07) is 11.8. The standard InChI is InChI=1S/C13H9BrClN3/c14-10-3-1-9(2-4-10)7-18-8-16-11-5-6-12(15)17-13(11)18/h1-6,8H,7H2. The van der Waals surface area contributed by atoms with Gasteiger partial charge in [-0.2, -0.15) is 0 Å². The average molecular weight is 323 g/mol. The van der Waals surface area contributed by atoms with Crippen LogP contribution < -0.4 is 0 Å². The van der Waals surface area contributed by atoms with Crippen LogP contribution in [0.25, 0.3) is 11.2 Å². The van der Waals surface area contributed by atoms with Gasteiger partial charge in [-0.1, -0.05) is 39.7 Å². The predicted octanol–water partition coefficient (Wildman–Crippen LogP) is 3.90. The Morgan fingerprint density at radius 2 is 1.89 bits per heavy atom. The maximum absolute atomic E-state index is 5.91. The minimum Gasteiger partial charge on any atom is -0.311 e. The van der Waals surface area contributed by atoms with Crippen LogP contribution in [0.1, 0.15) is 5.56 Å². The molecule has 0 bridgehead atoms. The van der Waals surface area contributed by atoms with Crippen molar-refractivity contribution in [1.82, 2.24) is 14.5 Å². The second-order valence-corrected chi connectivity index (χ2v) is 5.28. The Kier molecular flexibility index (Phi) is 3.06. The number of hydrogen-bond donors (Lipinski definition) is 0. The van der Waals surface area contributed by atoms with E-state index in [9.17, 15) is 0 Å². The zero-order chi connectivity index (χ0) is 12.5. The summed E-state index contributed by atoms with van der Waals surface area (Å²) < 4.78 is 3.06. The van der Waals surface area contributed by atoms with Crippen LogP contribution in [0.5, 0.6) is 0 Å². The van der Waals surface area contributed by atoms with Gasteiger partial charge in [0.2, 0.25) is 0 Å². The van der Waals surface area contributed by atoms with Gasteiger partial charge in [0.15, 0.2) is 5.65 Å². The first-order valence-corrected chi connectivity index (χ1v) is 6.61. The number of imidazole rings is 1. The molecule has 2 heterocycles. The minimum absolute atomic E-state index is 0.486. The number of benzene rings is 1. The molecule has 0 radical (unpaired) electrons. The van der Waals surface area contributed by atoms with E-state index in [0.717, 1.165) is 22.2 Å². The van der Waals surface area contributed by atoms with Crippen LogP contribution in [-0.4, -0.2) is 14.5 Å². The highest BCUT2D eigenvalue weighted by Gasteiger charge is 2.05. The summed E-state index contributed by atoms with van der Waals surface area (Å²) in [4.78, 5) is 8.61. The average Bonchev–Trinajstić information content (AvgIpc) is 2.75. The first kappa shape index (κ1) is 11.7. The number of rotatable bonds is 2. The highest BCUT2D eigenvalue weighted by atomic mass is 79.9. The molecular formula is C13H9BrClN3. The Bertz CT molecular complexity index is 691. The van der Waals surface area contributed by atoms with Gasteiger partial charge in [-0.15, -0.1) is 0 Å². The molecule has 0 unspecified atom stereocenters. The lowest BCUT2D eigenvalue weighted by Gasteiger charge is -2.04. The Hall–Kier alpha value is -1.39. The molecule has 3 aromatic rings. The third-order valence-corrected chi connectivity index (χ3v) is 3.43. The van der Waals surface area contributed by atoms with Crippen LogP contribution in [0.15, 0.2) is 47.2 Å². The molecule has 90 valence electrons. The van der Waals surface area contributed by atoms with Gasteiger partial charge in [0.05, 0.1) is 12.9 Å². The summed E-state index contributed by atoms with van der Waals surface area (Å²) >= 11 is 9.34. The quantitative estimate of drug-likeness (QED) is 0.670. The number of hydrogen-bond acceptors (Lipinski definition) is 2. The molecule has 0 aliphatic heterocycles. The Balaban J connectivity index is 1.99. The minimum atomic E-state index is 0.486. The summed E-state index contributed by atoms with van der Waals surface area (Å²) in [5, 5.41) is 0.486. The Morgan fingerprint density at radius 1 is 1.11 bits per heavy atom. The smallest absolute Gasteiger partial charge is 0.161 e. The third-order valence-electron chi connectivity index (χ3n) is 2.69. The van der Waals surface area contributed by atoms with Crippen molar-refractivity contribution < 1.29 is 0 Å². The second kappa shape index (κ2) is 4.71. The topological polar surface area (TPSA) is 30.7 Å². The monoisotopic (exact) mass is 321 g/mol. The van der Waals surface area contributed by atoms with Crippen molar-refractivity contribution in [3.05, 3.63) is 57.9 Å². The highest BCUT2D eigenvalue weighted by Crippen LogP contribution is 2.16. The number of nitrogens with zero attached hydrogens (tertiary/aromatic N) is 3. The van der Waals surface area contributed by atoms with Crippen molar-refractivity contribution in [3.8, 4) is 0 Å². The Labute approximate surface area is 118 Å². The molecule has 5 heteroatoms. The van der Waals surface area contributed by atoms with Gasteiger partial charge in [0, 0.05) is 4.47 Å². The predicted molar refractivity (Wildman–Crippen MR) is 75.8 cm³/mol. The second-order valence-electron chi connectivity index (χ2n) is 3.98. The molecular weight excluding hydrogens is 314 g/mol. The summed E-state index contributed by atoms with van der Waals surface area (Å²) in [5.41, 5.74) is 2.86. The van der Waals surface area contributed by atoms with Crippen LogP contribution >= 0.6 is 27.5 Å². The number of fused-ring (bicyclic) bond motifs is 1. The van der Waals surface area contributed by atoms with Gasteiger partial charge in [-0.05, 0) is 29.8 Å². The number of pyridine rings is 1. The van der Waals surface area contributed by atoms with Crippen molar-refractivity contribution in [3.63, 3.8) is 0 Å². The molecule has 0 fully saturated rings.